The van der Waals surface area contributed by atoms with Crippen molar-refractivity contribution in [2.24, 2.45) is 0 Å². The van der Waals surface area contributed by atoms with Crippen LogP contribution in [0.1, 0.15) is 130 Å². The number of methoxy groups -OCH3 is 1. The van der Waals surface area contributed by atoms with E-state index in [-0.39, 0.29) is 17.1 Å². The smallest absolute Gasteiger partial charge is 0.478 e. The van der Waals surface area contributed by atoms with Crippen molar-refractivity contribution in [2.45, 2.75) is 115 Å². The molecule has 0 aromatic heterocycles. The minimum atomic E-state index is -4.73. The molecule has 0 amide bonds. The van der Waals surface area contributed by atoms with Gasteiger partial charge < -0.3 is 29.1 Å². The molecule has 0 saturated heterocycles. The molecule has 6 aromatic rings. The summed E-state index contributed by atoms with van der Waals surface area (Å²) in [7, 11) is 1.34. The molecule has 8 rings (SSSR count). The fourth-order valence-corrected chi connectivity index (χ4v) is 9.35. The van der Waals surface area contributed by atoms with Gasteiger partial charge in [0.15, 0.2) is 0 Å². The lowest BCUT2D eigenvalue weighted by atomic mass is 9.84. The van der Waals surface area contributed by atoms with Crippen LogP contribution in [0.15, 0.2) is 146 Å². The molecule has 374 valence electrons. The molecule has 0 unspecified atom stereocenters. The minimum Gasteiger partial charge on any atom is -0.478 e. The van der Waals surface area contributed by atoms with Crippen molar-refractivity contribution in [2.75, 3.05) is 16.9 Å². The van der Waals surface area contributed by atoms with Crippen molar-refractivity contribution in [3.8, 4) is 11.5 Å². The zero-order valence-corrected chi connectivity index (χ0v) is 39.6. The molecule has 14 heteroatoms. The molecule has 2 saturated carbocycles. The van der Waals surface area contributed by atoms with Crippen molar-refractivity contribution in [1.82, 2.24) is 0 Å². The van der Waals surface area contributed by atoms with E-state index >= 15 is 0 Å². The van der Waals surface area contributed by atoms with Crippen LogP contribution in [0.4, 0.5) is 37.7 Å². The molecule has 71 heavy (non-hydrogen) atoms. The average molecular weight is 981 g/mol. The van der Waals surface area contributed by atoms with Gasteiger partial charge in [-0.3, -0.25) is 0 Å². The number of carbonyl (C=O) groups excluding carboxylic acids is 1. The minimum absolute atomic E-state index is 0.194. The summed E-state index contributed by atoms with van der Waals surface area (Å²) in [5.41, 5.74) is 8.97. The Balaban J connectivity index is 0.000000209. The number of anilines is 2. The number of carboxylic acid groups (broad SMARTS) is 1. The van der Waals surface area contributed by atoms with Crippen LogP contribution < -0.4 is 19.3 Å². The number of halogens is 6. The summed E-state index contributed by atoms with van der Waals surface area (Å²) in [4.78, 5) is 27.3. The molecule has 2 aliphatic carbocycles. The highest BCUT2D eigenvalue weighted by Gasteiger charge is 2.32. The maximum atomic E-state index is 12.5. The van der Waals surface area contributed by atoms with Gasteiger partial charge in [-0.1, -0.05) is 111 Å². The second kappa shape index (κ2) is 24.2. The summed E-state index contributed by atoms with van der Waals surface area (Å²) in [6, 6.07) is 42.8. The van der Waals surface area contributed by atoms with Crippen molar-refractivity contribution in [3.05, 3.63) is 190 Å². The molecule has 0 aliphatic heterocycles. The monoisotopic (exact) mass is 980 g/mol. The summed E-state index contributed by atoms with van der Waals surface area (Å²) in [5.74, 6) is -0.675. The maximum Gasteiger partial charge on any atom is 0.573 e. The largest absolute Gasteiger partial charge is 0.573 e. The van der Waals surface area contributed by atoms with E-state index in [9.17, 15) is 41.0 Å². The molecule has 0 atom stereocenters. The first-order chi connectivity index (χ1) is 34.1. The number of nitrogens with zero attached hydrogens (tertiary/aromatic N) is 2. The van der Waals surface area contributed by atoms with Gasteiger partial charge in [0.25, 0.3) is 0 Å². The van der Waals surface area contributed by atoms with Gasteiger partial charge in [0.2, 0.25) is 0 Å². The summed E-state index contributed by atoms with van der Waals surface area (Å²) < 4.78 is 87.7. The van der Waals surface area contributed by atoms with Gasteiger partial charge in [0.1, 0.15) is 11.5 Å². The van der Waals surface area contributed by atoms with Gasteiger partial charge in [0, 0.05) is 37.6 Å². The Hall–Kier alpha value is -6.96. The summed E-state index contributed by atoms with van der Waals surface area (Å²) in [6.07, 6.45) is 3.25. The number of hydrogen-bond donors (Lipinski definition) is 1. The summed E-state index contributed by atoms with van der Waals surface area (Å²) in [6.45, 7) is 2.07. The fraction of sp³-hybridized carbons (Fsp3) is 0.333. The standard InChI is InChI=1S/C29H30F3NO3.C28H28F3NO3/c1-35-28(34)25-13-15-26(16-14-25)33(20-22-9-17-27(18-10-22)36-29(30,31)32)19-21-7-11-24(12-8-21)23-5-3-2-4-6-23;29-28(30,31)35-26-16-8-21(9-17-26)19-32(25-14-12-24(13-15-25)27(33)34)18-20-6-10-23(11-7-20)22-4-2-1-3-5-22/h7-18,23H,2-6,19-20H2,1H3;6-17,22H,1-5,18-19H2,(H,33,34). The van der Waals surface area contributed by atoms with Gasteiger partial charge in [-0.05, 0) is 144 Å². The topological polar surface area (TPSA) is 88.5 Å². The van der Waals surface area contributed by atoms with Gasteiger partial charge in [-0.25, -0.2) is 9.59 Å². The summed E-state index contributed by atoms with van der Waals surface area (Å²) >= 11 is 0. The number of carbonyl (C=O) groups is 2. The van der Waals surface area contributed by atoms with E-state index in [0.717, 1.165) is 33.6 Å². The molecule has 1 N–H and O–H groups in total. The lowest BCUT2D eigenvalue weighted by Gasteiger charge is -2.26. The first-order valence-electron chi connectivity index (χ1n) is 24.0. The van der Waals surface area contributed by atoms with Crippen LogP contribution in [0.5, 0.6) is 11.5 Å². The Bertz CT molecular complexity index is 2590. The molecule has 2 fully saturated rings. The molecule has 0 spiro atoms. The third-order valence-corrected chi connectivity index (χ3v) is 13.1. The predicted octanol–water partition coefficient (Wildman–Crippen LogP) is 15.2. The Morgan fingerprint density at radius 1 is 0.465 bits per heavy atom. The molecule has 8 nitrogen and oxygen atoms in total. The average Bonchev–Trinajstić information content (AvgIpc) is 3.37. The lowest BCUT2D eigenvalue weighted by Crippen LogP contribution is -2.22. The Morgan fingerprint density at radius 3 is 1.07 bits per heavy atom. The quantitative estimate of drug-likeness (QED) is 0.0758. The second-order valence-corrected chi connectivity index (χ2v) is 18.1. The van der Waals surface area contributed by atoms with Crippen molar-refractivity contribution in [1.29, 1.82) is 0 Å². The number of benzene rings is 6. The van der Waals surface area contributed by atoms with E-state index in [4.69, 9.17) is 4.74 Å². The van der Waals surface area contributed by atoms with Crippen LogP contribution in [0.25, 0.3) is 0 Å². The molecular formula is C57H58F6N2O6. The first-order valence-corrected chi connectivity index (χ1v) is 24.0. The maximum absolute atomic E-state index is 12.5. The van der Waals surface area contributed by atoms with Crippen LogP contribution in [-0.4, -0.2) is 36.9 Å². The molecule has 0 heterocycles. The van der Waals surface area contributed by atoms with Crippen LogP contribution >= 0.6 is 0 Å². The third-order valence-electron chi connectivity index (χ3n) is 13.1. The zero-order chi connectivity index (χ0) is 50.4. The van der Waals surface area contributed by atoms with Crippen molar-refractivity contribution >= 4 is 23.3 Å². The van der Waals surface area contributed by atoms with E-state index in [0.29, 0.717) is 43.6 Å². The molecular weight excluding hydrogens is 923 g/mol. The number of alkyl halides is 6. The normalized spacial score (nSPS) is 14.4. The number of hydrogen-bond acceptors (Lipinski definition) is 7. The lowest BCUT2D eigenvalue weighted by molar-refractivity contribution is -0.275. The Labute approximate surface area is 410 Å². The Morgan fingerprint density at radius 2 is 0.775 bits per heavy atom. The van der Waals surface area contributed by atoms with Crippen LogP contribution in [0, 0.1) is 0 Å². The molecule has 2 aliphatic rings. The van der Waals surface area contributed by atoms with Gasteiger partial charge in [-0.2, -0.15) is 0 Å². The van der Waals surface area contributed by atoms with Crippen LogP contribution in [0.3, 0.4) is 0 Å². The SMILES string of the molecule is COC(=O)c1ccc(N(Cc2ccc(OC(F)(F)F)cc2)Cc2ccc(C3CCCCC3)cc2)cc1.O=C(O)c1ccc(N(Cc2ccc(OC(F)(F)F)cc2)Cc2ccc(C3CCCCC3)cc2)cc1. The van der Waals surface area contributed by atoms with E-state index in [1.165, 1.54) is 107 Å². The number of ether oxygens (including phenoxy) is 3. The predicted molar refractivity (Wildman–Crippen MR) is 262 cm³/mol. The highest BCUT2D eigenvalue weighted by Crippen LogP contribution is 2.35. The van der Waals surface area contributed by atoms with Gasteiger partial charge in [-0.15, -0.1) is 26.3 Å². The fourth-order valence-electron chi connectivity index (χ4n) is 9.35. The van der Waals surface area contributed by atoms with Crippen LogP contribution in [-0.2, 0) is 30.9 Å². The number of carboxylic acids is 1. The van der Waals surface area contributed by atoms with E-state index in [2.05, 4.69) is 67.8 Å². The number of rotatable bonds is 16. The van der Waals surface area contributed by atoms with Crippen molar-refractivity contribution in [3.63, 3.8) is 0 Å². The Kier molecular flexibility index (Phi) is 17.7. The second-order valence-electron chi connectivity index (χ2n) is 18.1. The van der Waals surface area contributed by atoms with E-state index in [1.807, 2.05) is 12.1 Å². The number of aromatic carboxylic acids is 1. The molecule has 0 radical (unpaired) electrons. The molecule has 0 bridgehead atoms. The third kappa shape index (κ3) is 16.0. The van der Waals surface area contributed by atoms with Gasteiger partial charge >= 0.3 is 24.7 Å². The van der Waals surface area contributed by atoms with Crippen LogP contribution in [0.2, 0.25) is 0 Å². The highest BCUT2D eigenvalue weighted by molar-refractivity contribution is 5.89. The summed E-state index contributed by atoms with van der Waals surface area (Å²) in [5, 5.41) is 9.22. The molecule has 6 aromatic carbocycles. The van der Waals surface area contributed by atoms with Gasteiger partial charge in [0.05, 0.1) is 18.2 Å². The first kappa shape index (κ1) is 51.9. The highest BCUT2D eigenvalue weighted by atomic mass is 19.4. The van der Waals surface area contributed by atoms with E-state index < -0.39 is 24.7 Å². The number of esters is 1. The zero-order valence-electron chi connectivity index (χ0n) is 39.6. The van der Waals surface area contributed by atoms with E-state index in [1.54, 1.807) is 60.7 Å². The van der Waals surface area contributed by atoms with Crippen molar-refractivity contribution < 1.29 is 55.2 Å².